The Bertz CT molecular complexity index is 852. The van der Waals surface area contributed by atoms with Crippen LogP contribution in [0.4, 0.5) is 4.79 Å². The zero-order chi connectivity index (χ0) is 19.7. The standard InChI is InChI=1S/C22H24N2O4/c23-20(21(25)26)14-6-5-11-24(12-14)22(27)28-13-19-17-9-3-1-7-15(17)16-8-2-4-10-18(16)19/h1-4,7-10,14,19-20H,5-6,11-13,23H2,(H,25,26). The Morgan fingerprint density at radius 3 is 2.32 bits per heavy atom. The van der Waals surface area contributed by atoms with Crippen LogP contribution < -0.4 is 5.73 Å². The Morgan fingerprint density at radius 2 is 1.71 bits per heavy atom. The average Bonchev–Trinajstić information content (AvgIpc) is 3.05. The van der Waals surface area contributed by atoms with Crippen LogP contribution in [-0.2, 0) is 9.53 Å². The van der Waals surface area contributed by atoms with Crippen molar-refractivity contribution in [2.45, 2.75) is 24.8 Å². The summed E-state index contributed by atoms with van der Waals surface area (Å²) < 4.78 is 5.67. The van der Waals surface area contributed by atoms with Crippen LogP contribution in [0.1, 0.15) is 29.9 Å². The van der Waals surface area contributed by atoms with Crippen molar-refractivity contribution >= 4 is 12.1 Å². The number of ether oxygens (including phenoxy) is 1. The Hall–Kier alpha value is -2.86. The molecule has 6 nitrogen and oxygen atoms in total. The van der Waals surface area contributed by atoms with Crippen molar-refractivity contribution in [3.63, 3.8) is 0 Å². The molecule has 1 heterocycles. The summed E-state index contributed by atoms with van der Waals surface area (Å²) in [6, 6.07) is 15.4. The molecule has 4 rings (SSSR count). The fraction of sp³-hybridized carbons (Fsp3) is 0.364. The number of amides is 1. The van der Waals surface area contributed by atoms with Gasteiger partial charge in [0, 0.05) is 24.9 Å². The number of hydrogen-bond donors (Lipinski definition) is 2. The van der Waals surface area contributed by atoms with E-state index in [1.807, 2.05) is 24.3 Å². The van der Waals surface area contributed by atoms with Crippen LogP contribution in [0, 0.1) is 5.92 Å². The number of likely N-dealkylation sites (tertiary alicyclic amines) is 1. The molecule has 1 amide bonds. The second-order valence-electron chi connectivity index (χ2n) is 7.52. The van der Waals surface area contributed by atoms with Crippen molar-refractivity contribution < 1.29 is 19.4 Å². The van der Waals surface area contributed by atoms with Gasteiger partial charge in [0.25, 0.3) is 0 Å². The van der Waals surface area contributed by atoms with Crippen LogP contribution in [0.5, 0.6) is 0 Å². The highest BCUT2D eigenvalue weighted by Gasteiger charge is 2.33. The van der Waals surface area contributed by atoms with Gasteiger partial charge in [0.2, 0.25) is 0 Å². The molecule has 2 atom stereocenters. The van der Waals surface area contributed by atoms with Gasteiger partial charge in [-0.1, -0.05) is 48.5 Å². The average molecular weight is 380 g/mol. The molecule has 146 valence electrons. The lowest BCUT2D eigenvalue weighted by molar-refractivity contribution is -0.140. The van der Waals surface area contributed by atoms with Crippen molar-refractivity contribution in [1.82, 2.24) is 4.90 Å². The molecule has 1 aliphatic carbocycles. The lowest BCUT2D eigenvalue weighted by Gasteiger charge is -2.33. The number of benzene rings is 2. The van der Waals surface area contributed by atoms with E-state index in [-0.39, 0.29) is 18.4 Å². The molecule has 28 heavy (non-hydrogen) atoms. The van der Waals surface area contributed by atoms with E-state index in [0.29, 0.717) is 19.5 Å². The third-order valence-corrected chi connectivity index (χ3v) is 5.85. The van der Waals surface area contributed by atoms with E-state index in [9.17, 15) is 9.59 Å². The number of piperidine rings is 1. The summed E-state index contributed by atoms with van der Waals surface area (Å²) in [5.74, 6) is -1.26. The Kier molecular flexibility index (Phi) is 5.05. The third-order valence-electron chi connectivity index (χ3n) is 5.85. The van der Waals surface area contributed by atoms with Gasteiger partial charge in [-0.05, 0) is 35.1 Å². The number of carboxylic acid groups (broad SMARTS) is 1. The topological polar surface area (TPSA) is 92.9 Å². The van der Waals surface area contributed by atoms with Crippen LogP contribution in [0.15, 0.2) is 48.5 Å². The molecule has 0 saturated carbocycles. The van der Waals surface area contributed by atoms with E-state index in [4.69, 9.17) is 15.6 Å². The van der Waals surface area contributed by atoms with Gasteiger partial charge in [0.1, 0.15) is 12.6 Å². The number of nitrogens with zero attached hydrogens (tertiary/aromatic N) is 1. The number of rotatable bonds is 4. The largest absolute Gasteiger partial charge is 0.480 e. The minimum atomic E-state index is -1.03. The Labute approximate surface area is 163 Å². The van der Waals surface area contributed by atoms with E-state index < -0.39 is 18.1 Å². The van der Waals surface area contributed by atoms with Gasteiger partial charge < -0.3 is 20.5 Å². The van der Waals surface area contributed by atoms with Gasteiger partial charge in [-0.25, -0.2) is 4.79 Å². The summed E-state index contributed by atoms with van der Waals surface area (Å²) in [5, 5.41) is 9.13. The van der Waals surface area contributed by atoms with E-state index >= 15 is 0 Å². The molecule has 0 radical (unpaired) electrons. The van der Waals surface area contributed by atoms with Crippen molar-refractivity contribution in [2.24, 2.45) is 11.7 Å². The Balaban J connectivity index is 1.45. The minimum absolute atomic E-state index is 0.0122. The predicted octanol–water partition coefficient (Wildman–Crippen LogP) is 3.06. The first kappa shape index (κ1) is 18.5. The molecule has 0 bridgehead atoms. The molecule has 2 aliphatic rings. The number of carbonyl (C=O) groups excluding carboxylic acids is 1. The zero-order valence-corrected chi connectivity index (χ0v) is 15.6. The molecule has 6 heteroatoms. The molecule has 1 aliphatic heterocycles. The first-order chi connectivity index (χ1) is 13.6. The highest BCUT2D eigenvalue weighted by Crippen LogP contribution is 2.44. The van der Waals surface area contributed by atoms with Crippen molar-refractivity contribution in [3.8, 4) is 11.1 Å². The van der Waals surface area contributed by atoms with Gasteiger partial charge in [-0.15, -0.1) is 0 Å². The Morgan fingerprint density at radius 1 is 1.11 bits per heavy atom. The van der Waals surface area contributed by atoms with E-state index in [1.54, 1.807) is 4.90 Å². The fourth-order valence-electron chi connectivity index (χ4n) is 4.36. The highest BCUT2D eigenvalue weighted by molar-refractivity contribution is 5.79. The molecule has 3 N–H and O–H groups in total. The quantitative estimate of drug-likeness (QED) is 0.850. The molecule has 2 aromatic rings. The molecule has 1 saturated heterocycles. The molecule has 2 unspecified atom stereocenters. The number of aliphatic carboxylic acids is 1. The van der Waals surface area contributed by atoms with Crippen LogP contribution in [-0.4, -0.2) is 47.8 Å². The second kappa shape index (κ2) is 7.64. The summed E-state index contributed by atoms with van der Waals surface area (Å²) in [4.78, 5) is 25.4. The number of hydrogen-bond acceptors (Lipinski definition) is 4. The third kappa shape index (κ3) is 3.36. The maximum atomic E-state index is 12.6. The van der Waals surface area contributed by atoms with Gasteiger partial charge >= 0.3 is 12.1 Å². The maximum absolute atomic E-state index is 12.6. The van der Waals surface area contributed by atoms with Gasteiger partial charge in [-0.3, -0.25) is 4.79 Å². The van der Waals surface area contributed by atoms with Crippen LogP contribution in [0.2, 0.25) is 0 Å². The van der Waals surface area contributed by atoms with E-state index in [1.165, 1.54) is 22.3 Å². The first-order valence-corrected chi connectivity index (χ1v) is 9.64. The summed E-state index contributed by atoms with van der Waals surface area (Å²) in [6.07, 6.45) is 1.04. The number of carbonyl (C=O) groups is 2. The van der Waals surface area contributed by atoms with E-state index in [2.05, 4.69) is 24.3 Å². The highest BCUT2D eigenvalue weighted by atomic mass is 16.6. The summed E-state index contributed by atoms with van der Waals surface area (Å²) in [6.45, 7) is 1.16. The number of fused-ring (bicyclic) bond motifs is 3. The van der Waals surface area contributed by atoms with Gasteiger partial charge in [0.05, 0.1) is 0 Å². The predicted molar refractivity (Wildman–Crippen MR) is 105 cm³/mol. The van der Waals surface area contributed by atoms with Crippen LogP contribution in [0.3, 0.4) is 0 Å². The monoisotopic (exact) mass is 380 g/mol. The molecule has 1 fully saturated rings. The SMILES string of the molecule is NC(C(=O)O)C1CCCN(C(=O)OCC2c3ccccc3-c3ccccc32)C1. The zero-order valence-electron chi connectivity index (χ0n) is 15.6. The molecule has 0 spiro atoms. The molecule has 0 aromatic heterocycles. The normalized spacial score (nSPS) is 19.6. The van der Waals surface area contributed by atoms with Gasteiger partial charge in [0.15, 0.2) is 0 Å². The summed E-state index contributed by atoms with van der Waals surface area (Å²) in [5.41, 5.74) is 10.5. The van der Waals surface area contributed by atoms with Crippen molar-refractivity contribution in [3.05, 3.63) is 59.7 Å². The fourth-order valence-corrected chi connectivity index (χ4v) is 4.36. The lowest BCUT2D eigenvalue weighted by Crippen LogP contribution is -2.49. The number of carboxylic acids is 1. The maximum Gasteiger partial charge on any atom is 0.409 e. The van der Waals surface area contributed by atoms with Gasteiger partial charge in [-0.2, -0.15) is 0 Å². The van der Waals surface area contributed by atoms with Crippen LogP contribution in [0.25, 0.3) is 11.1 Å². The minimum Gasteiger partial charge on any atom is -0.480 e. The van der Waals surface area contributed by atoms with Crippen LogP contribution >= 0.6 is 0 Å². The molecule has 2 aromatic carbocycles. The second-order valence-corrected chi connectivity index (χ2v) is 7.52. The number of nitrogens with two attached hydrogens (primary N) is 1. The smallest absolute Gasteiger partial charge is 0.409 e. The molecular weight excluding hydrogens is 356 g/mol. The molecular formula is C22H24N2O4. The van der Waals surface area contributed by atoms with Crippen molar-refractivity contribution in [1.29, 1.82) is 0 Å². The summed E-state index contributed by atoms with van der Waals surface area (Å²) >= 11 is 0. The summed E-state index contributed by atoms with van der Waals surface area (Å²) in [7, 11) is 0. The first-order valence-electron chi connectivity index (χ1n) is 9.64. The van der Waals surface area contributed by atoms with E-state index in [0.717, 1.165) is 6.42 Å². The van der Waals surface area contributed by atoms with Crippen molar-refractivity contribution in [2.75, 3.05) is 19.7 Å². The lowest BCUT2D eigenvalue weighted by atomic mass is 9.91.